The van der Waals surface area contributed by atoms with Gasteiger partial charge in [0.25, 0.3) is 5.91 Å². The minimum absolute atomic E-state index is 0.00976. The Balaban J connectivity index is 1.75. The molecule has 0 aliphatic heterocycles. The number of nitrogens with one attached hydrogen (secondary N) is 1. The van der Waals surface area contributed by atoms with Crippen LogP contribution in [0.1, 0.15) is 39.1 Å². The third-order valence-corrected chi connectivity index (χ3v) is 4.33. The van der Waals surface area contributed by atoms with Crippen molar-refractivity contribution in [3.8, 4) is 5.88 Å². The Bertz CT molecular complexity index is 820. The molecule has 1 aromatic carbocycles. The van der Waals surface area contributed by atoms with Gasteiger partial charge in [-0.15, -0.1) is 0 Å². The molecule has 25 heavy (non-hydrogen) atoms. The topological polar surface area (TPSA) is 104 Å². The van der Waals surface area contributed by atoms with Crippen molar-refractivity contribution in [1.82, 2.24) is 9.69 Å². The minimum Gasteiger partial charge on any atom is -0.471 e. The number of carbonyl (C=O) groups excluding carboxylic acids is 2. The van der Waals surface area contributed by atoms with E-state index in [-0.39, 0.29) is 40.2 Å². The maximum absolute atomic E-state index is 14.6. The number of esters is 1. The van der Waals surface area contributed by atoms with Crippen LogP contribution >= 0.6 is 11.5 Å². The molecule has 3 rings (SSSR count). The highest BCUT2D eigenvalue weighted by Crippen LogP contribution is 2.29. The summed E-state index contributed by atoms with van der Waals surface area (Å²) in [7, 11) is 1.21. The zero-order valence-electron chi connectivity index (χ0n) is 13.4. The molecule has 3 N–H and O–H groups in total. The van der Waals surface area contributed by atoms with E-state index in [1.165, 1.54) is 19.2 Å². The van der Waals surface area contributed by atoms with Gasteiger partial charge in [-0.1, -0.05) is 12.1 Å². The standard InChI is InChI=1S/C16H16FN3O4S/c1-23-16(22)11-13(18)25-20-15(11)24-7-8-3-2-4-10(12(8)17)14(21)19-9-5-6-9/h2-4,9H,5-7,18H2,1H3,(H,19,21). The van der Waals surface area contributed by atoms with Crippen LogP contribution in [0.3, 0.4) is 0 Å². The lowest BCUT2D eigenvalue weighted by Crippen LogP contribution is -2.26. The van der Waals surface area contributed by atoms with Gasteiger partial charge in [-0.05, 0) is 30.4 Å². The lowest BCUT2D eigenvalue weighted by molar-refractivity contribution is 0.0596. The SMILES string of the molecule is COC(=O)c1c(OCc2cccc(C(=O)NC3CC3)c2F)nsc1N. The molecule has 9 heteroatoms. The van der Waals surface area contributed by atoms with Crippen LogP contribution < -0.4 is 15.8 Å². The van der Waals surface area contributed by atoms with Crippen LogP contribution in [0.5, 0.6) is 5.88 Å². The summed E-state index contributed by atoms with van der Waals surface area (Å²) in [5.74, 6) is -1.82. The molecule has 0 bridgehead atoms. The van der Waals surface area contributed by atoms with E-state index >= 15 is 0 Å². The van der Waals surface area contributed by atoms with Crippen molar-refractivity contribution < 1.29 is 23.5 Å². The van der Waals surface area contributed by atoms with Gasteiger partial charge < -0.3 is 20.5 Å². The second-order valence-electron chi connectivity index (χ2n) is 5.53. The molecule has 0 saturated heterocycles. The third-order valence-electron chi connectivity index (χ3n) is 3.68. The Morgan fingerprint density at radius 2 is 2.20 bits per heavy atom. The minimum atomic E-state index is -0.681. The predicted octanol–water partition coefficient (Wildman–Crippen LogP) is 2.12. The van der Waals surface area contributed by atoms with Crippen molar-refractivity contribution in [3.05, 3.63) is 40.7 Å². The number of benzene rings is 1. The van der Waals surface area contributed by atoms with Gasteiger partial charge in [0.15, 0.2) is 5.56 Å². The summed E-state index contributed by atoms with van der Waals surface area (Å²) in [6.07, 6.45) is 1.83. The van der Waals surface area contributed by atoms with E-state index in [0.29, 0.717) is 0 Å². The van der Waals surface area contributed by atoms with Crippen LogP contribution in [-0.2, 0) is 11.3 Å². The van der Waals surface area contributed by atoms with Crippen LogP contribution in [0.2, 0.25) is 0 Å². The van der Waals surface area contributed by atoms with E-state index in [4.69, 9.17) is 10.5 Å². The van der Waals surface area contributed by atoms with Crippen molar-refractivity contribution in [3.63, 3.8) is 0 Å². The number of carbonyl (C=O) groups is 2. The van der Waals surface area contributed by atoms with Crippen molar-refractivity contribution in [2.75, 3.05) is 12.8 Å². The molecule has 1 aliphatic carbocycles. The van der Waals surface area contributed by atoms with Gasteiger partial charge in [0.2, 0.25) is 5.88 Å². The van der Waals surface area contributed by atoms with Crippen molar-refractivity contribution in [2.24, 2.45) is 0 Å². The number of hydrogen-bond acceptors (Lipinski definition) is 7. The number of nitrogens with zero attached hydrogens (tertiary/aromatic N) is 1. The van der Waals surface area contributed by atoms with E-state index in [1.54, 1.807) is 6.07 Å². The quantitative estimate of drug-likeness (QED) is 0.760. The second-order valence-corrected chi connectivity index (χ2v) is 6.34. The zero-order chi connectivity index (χ0) is 18.0. The molecule has 1 aromatic heterocycles. The Morgan fingerprint density at radius 1 is 1.44 bits per heavy atom. The molecule has 7 nitrogen and oxygen atoms in total. The summed E-state index contributed by atoms with van der Waals surface area (Å²) < 4.78 is 28.5. The zero-order valence-corrected chi connectivity index (χ0v) is 14.2. The highest BCUT2D eigenvalue weighted by Gasteiger charge is 2.26. The first-order valence-corrected chi connectivity index (χ1v) is 8.33. The smallest absolute Gasteiger partial charge is 0.346 e. The molecule has 1 amide bonds. The summed E-state index contributed by atoms with van der Waals surface area (Å²) >= 11 is 0.880. The van der Waals surface area contributed by atoms with Crippen LogP contribution in [-0.4, -0.2) is 29.4 Å². The number of ether oxygens (including phenoxy) is 2. The number of nitrogen functional groups attached to an aromatic ring is 1. The molecule has 2 aromatic rings. The van der Waals surface area contributed by atoms with Crippen molar-refractivity contribution in [2.45, 2.75) is 25.5 Å². The number of anilines is 1. The lowest BCUT2D eigenvalue weighted by Gasteiger charge is -2.10. The fourth-order valence-electron chi connectivity index (χ4n) is 2.18. The highest BCUT2D eigenvalue weighted by molar-refractivity contribution is 7.10. The maximum atomic E-state index is 14.6. The number of hydrogen-bond donors (Lipinski definition) is 2. The molecular formula is C16H16FN3O4S. The predicted molar refractivity (Wildman–Crippen MR) is 89.1 cm³/mol. The first-order chi connectivity index (χ1) is 12.0. The second kappa shape index (κ2) is 7.06. The van der Waals surface area contributed by atoms with E-state index in [9.17, 15) is 14.0 Å². The van der Waals surface area contributed by atoms with E-state index in [0.717, 1.165) is 24.4 Å². The number of aromatic nitrogens is 1. The Hall–Kier alpha value is -2.68. The highest BCUT2D eigenvalue weighted by atomic mass is 32.1. The van der Waals surface area contributed by atoms with Crippen LogP contribution in [0.25, 0.3) is 0 Å². The fraction of sp³-hybridized carbons (Fsp3) is 0.312. The average Bonchev–Trinajstić information content (AvgIpc) is 3.33. The first kappa shape index (κ1) is 17.2. The van der Waals surface area contributed by atoms with Crippen molar-refractivity contribution in [1.29, 1.82) is 0 Å². The monoisotopic (exact) mass is 365 g/mol. The van der Waals surface area contributed by atoms with Crippen LogP contribution in [0.15, 0.2) is 18.2 Å². The van der Waals surface area contributed by atoms with E-state index in [2.05, 4.69) is 14.4 Å². The molecule has 132 valence electrons. The number of rotatable bonds is 6. The normalized spacial score (nSPS) is 13.4. The molecule has 0 radical (unpaired) electrons. The van der Waals surface area contributed by atoms with Crippen LogP contribution in [0, 0.1) is 5.82 Å². The molecule has 1 fully saturated rings. The first-order valence-electron chi connectivity index (χ1n) is 7.55. The van der Waals surface area contributed by atoms with Gasteiger partial charge >= 0.3 is 5.97 Å². The lowest BCUT2D eigenvalue weighted by atomic mass is 10.1. The third kappa shape index (κ3) is 3.71. The number of amides is 1. The molecule has 1 saturated carbocycles. The molecule has 0 unspecified atom stereocenters. The summed E-state index contributed by atoms with van der Waals surface area (Å²) in [4.78, 5) is 23.8. The van der Waals surface area contributed by atoms with Gasteiger partial charge in [-0.2, -0.15) is 4.37 Å². The Morgan fingerprint density at radius 3 is 2.88 bits per heavy atom. The molecule has 1 heterocycles. The summed E-state index contributed by atoms with van der Waals surface area (Å²) in [5.41, 5.74) is 5.82. The number of halogens is 1. The van der Waals surface area contributed by atoms with E-state index < -0.39 is 17.7 Å². The van der Waals surface area contributed by atoms with Gasteiger partial charge in [0, 0.05) is 11.6 Å². The molecule has 1 aliphatic rings. The average molecular weight is 365 g/mol. The molecular weight excluding hydrogens is 349 g/mol. The summed E-state index contributed by atoms with van der Waals surface area (Å²) in [6.45, 7) is -0.205. The van der Waals surface area contributed by atoms with Crippen molar-refractivity contribution >= 4 is 28.4 Å². The van der Waals surface area contributed by atoms with E-state index in [1.807, 2.05) is 0 Å². The Kier molecular flexibility index (Phi) is 4.84. The largest absolute Gasteiger partial charge is 0.471 e. The van der Waals surface area contributed by atoms with Gasteiger partial charge in [0.1, 0.15) is 17.4 Å². The summed E-state index contributed by atoms with van der Waals surface area (Å²) in [5, 5.41) is 2.89. The fourth-order valence-corrected chi connectivity index (χ4v) is 2.77. The van der Waals surface area contributed by atoms with Gasteiger partial charge in [0.05, 0.1) is 12.7 Å². The maximum Gasteiger partial charge on any atom is 0.346 e. The molecule has 0 spiro atoms. The molecule has 0 atom stereocenters. The van der Waals surface area contributed by atoms with Gasteiger partial charge in [-0.3, -0.25) is 4.79 Å². The van der Waals surface area contributed by atoms with Gasteiger partial charge in [-0.25, -0.2) is 9.18 Å². The number of methoxy groups -OCH3 is 1. The summed E-state index contributed by atoms with van der Waals surface area (Å²) in [6, 6.07) is 4.61. The van der Waals surface area contributed by atoms with Crippen LogP contribution in [0.4, 0.5) is 9.39 Å². The Labute approximate surface area is 147 Å². The number of nitrogens with two attached hydrogens (primary N) is 1.